The monoisotopic (exact) mass is 472 g/mol. The first-order chi connectivity index (χ1) is 12.6. The number of hydrogen-bond donors (Lipinski definition) is 4. The fourth-order valence-electron chi connectivity index (χ4n) is 1.82. The molecule has 0 unspecified atom stereocenters. The van der Waals surface area contributed by atoms with E-state index in [1.54, 1.807) is 4.83 Å². The van der Waals surface area contributed by atoms with E-state index in [9.17, 15) is 33.7 Å². The van der Waals surface area contributed by atoms with Crippen molar-refractivity contribution in [2.24, 2.45) is 0 Å². The number of benzene rings is 2. The van der Waals surface area contributed by atoms with Crippen LogP contribution in [0.5, 0.6) is 0 Å². The van der Waals surface area contributed by atoms with Crippen LogP contribution in [0.25, 0.3) is 0 Å². The molecular weight excluding hydrogens is 460 g/mol. The molecule has 0 fully saturated rings. The lowest BCUT2D eigenvalue weighted by Crippen LogP contribution is -2.41. The third-order valence-electron chi connectivity index (χ3n) is 3.16. The van der Waals surface area contributed by atoms with Crippen molar-refractivity contribution in [2.75, 3.05) is 0 Å². The van der Waals surface area contributed by atoms with Crippen LogP contribution in [-0.2, 0) is 40.3 Å². The van der Waals surface area contributed by atoms with Crippen molar-refractivity contribution < 1.29 is 42.8 Å². The van der Waals surface area contributed by atoms with E-state index in [0.717, 1.165) is 42.5 Å². The Labute approximate surface area is 160 Å². The maximum absolute atomic E-state index is 12.1. The Morgan fingerprint density at radius 3 is 1.39 bits per heavy atom. The summed E-state index contributed by atoms with van der Waals surface area (Å²) in [5.74, 6) is 0. The zero-order valence-electron chi connectivity index (χ0n) is 13.4. The van der Waals surface area contributed by atoms with E-state index in [2.05, 4.69) is 0 Å². The van der Waals surface area contributed by atoms with Gasteiger partial charge in [0.2, 0.25) is 0 Å². The van der Waals surface area contributed by atoms with Gasteiger partial charge >= 0.3 is 0 Å². The Balaban J connectivity index is 2.26. The molecule has 0 radical (unpaired) electrons. The van der Waals surface area contributed by atoms with Crippen LogP contribution >= 0.6 is 0 Å². The molecule has 2 aromatic carbocycles. The molecule has 12 nitrogen and oxygen atoms in total. The minimum atomic E-state index is -4.69. The van der Waals surface area contributed by atoms with Crippen LogP contribution in [0.2, 0.25) is 0 Å². The average Bonchev–Trinajstić information content (AvgIpc) is 2.59. The van der Waals surface area contributed by atoms with Gasteiger partial charge in [0.25, 0.3) is 40.3 Å². The van der Waals surface area contributed by atoms with Gasteiger partial charge in [-0.1, -0.05) is 6.07 Å². The molecule has 2 rings (SSSR count). The van der Waals surface area contributed by atoms with Crippen LogP contribution < -0.4 is 9.66 Å². The Bertz CT molecular complexity index is 1310. The number of hydrogen-bond acceptors (Lipinski definition) is 8. The maximum atomic E-state index is 12.1. The van der Waals surface area contributed by atoms with Gasteiger partial charge < -0.3 is 0 Å². The van der Waals surface area contributed by atoms with Gasteiger partial charge in [-0.15, -0.1) is 9.66 Å². The Hall–Kier alpha value is -1.92. The van der Waals surface area contributed by atoms with Gasteiger partial charge in [0.1, 0.15) is 0 Å². The molecule has 0 aromatic heterocycles. The van der Waals surface area contributed by atoms with Crippen LogP contribution in [0.3, 0.4) is 0 Å². The first-order valence-electron chi connectivity index (χ1n) is 6.82. The van der Waals surface area contributed by atoms with Crippen molar-refractivity contribution >= 4 is 40.3 Å². The highest BCUT2D eigenvalue weighted by atomic mass is 32.2. The van der Waals surface area contributed by atoms with Crippen molar-refractivity contribution in [2.45, 2.75) is 19.6 Å². The fraction of sp³-hybridized carbons (Fsp3) is 0. The van der Waals surface area contributed by atoms with E-state index in [-0.39, 0.29) is 0 Å². The molecule has 0 heterocycles. The normalized spacial score (nSPS) is 13.4. The summed E-state index contributed by atoms with van der Waals surface area (Å²) >= 11 is 0. The summed E-state index contributed by atoms with van der Waals surface area (Å²) in [4.78, 5) is 0.577. The Morgan fingerprint density at radius 2 is 0.929 bits per heavy atom. The number of sulfonamides is 2. The van der Waals surface area contributed by atoms with E-state index < -0.39 is 59.9 Å². The maximum Gasteiger partial charge on any atom is 0.294 e. The Morgan fingerprint density at radius 1 is 0.536 bits per heavy atom. The van der Waals surface area contributed by atoms with Gasteiger partial charge in [0.15, 0.2) is 0 Å². The van der Waals surface area contributed by atoms with E-state index in [0.29, 0.717) is 6.07 Å². The first kappa shape index (κ1) is 22.4. The molecule has 0 saturated heterocycles. The number of hydrazine groups is 1. The summed E-state index contributed by atoms with van der Waals surface area (Å²) in [6.07, 6.45) is 0. The van der Waals surface area contributed by atoms with E-state index in [1.807, 2.05) is 0 Å². The minimum Gasteiger partial charge on any atom is -0.282 e. The summed E-state index contributed by atoms with van der Waals surface area (Å²) < 4.78 is 110. The molecule has 0 amide bonds. The summed E-state index contributed by atoms with van der Waals surface area (Å²) in [6, 6.07) is 6.67. The average molecular weight is 473 g/mol. The minimum absolute atomic E-state index is 0.533. The van der Waals surface area contributed by atoms with Gasteiger partial charge in [-0.2, -0.15) is 16.8 Å². The third kappa shape index (κ3) is 5.32. The summed E-state index contributed by atoms with van der Waals surface area (Å²) in [6.45, 7) is 0. The van der Waals surface area contributed by atoms with Crippen molar-refractivity contribution in [1.82, 2.24) is 9.66 Å². The molecule has 0 bridgehead atoms. The predicted octanol–water partition coefficient (Wildman–Crippen LogP) is -0.648. The number of rotatable bonds is 7. The third-order valence-corrected chi connectivity index (χ3v) is 7.51. The second kappa shape index (κ2) is 7.48. The highest BCUT2D eigenvalue weighted by Gasteiger charge is 2.22. The first-order valence-corrected chi connectivity index (χ1v) is 12.7. The van der Waals surface area contributed by atoms with Crippen LogP contribution in [0.4, 0.5) is 0 Å². The van der Waals surface area contributed by atoms with E-state index in [1.165, 1.54) is 4.83 Å². The van der Waals surface area contributed by atoms with Gasteiger partial charge in [-0.05, 0) is 42.5 Å². The molecule has 0 spiro atoms. The standard InChI is InChI=1S/C12H12N2O10S4/c15-25(16,9-4-6-10(7-5-9)27(19,20)21)13-14-26(17,18)11-2-1-3-12(8-11)28(22,23)24/h1-8,13-14H,(H,19,20,21)(H,22,23,24). The largest absolute Gasteiger partial charge is 0.294 e. The molecular formula is C12H12N2O10S4. The second-order valence-electron chi connectivity index (χ2n) is 5.11. The SMILES string of the molecule is O=S(=O)(O)c1ccc(S(=O)(=O)NNS(=O)(=O)c2cccc(S(=O)(=O)O)c2)cc1. The molecule has 16 heteroatoms. The summed E-state index contributed by atoms with van der Waals surface area (Å²) in [7, 11) is -18.3. The fourth-order valence-corrected chi connectivity index (χ4v) is 5.05. The van der Waals surface area contributed by atoms with Gasteiger partial charge in [-0.25, -0.2) is 16.8 Å². The van der Waals surface area contributed by atoms with Crippen LogP contribution in [0, 0.1) is 0 Å². The zero-order chi connectivity index (χ0) is 21.4. The molecule has 0 aliphatic heterocycles. The quantitative estimate of drug-likeness (QED) is 0.296. The van der Waals surface area contributed by atoms with Gasteiger partial charge in [0.05, 0.1) is 19.6 Å². The molecule has 154 valence electrons. The molecule has 0 atom stereocenters. The van der Waals surface area contributed by atoms with Crippen LogP contribution in [0.15, 0.2) is 68.1 Å². The van der Waals surface area contributed by atoms with Crippen LogP contribution in [0.1, 0.15) is 0 Å². The van der Waals surface area contributed by atoms with Crippen molar-refractivity contribution in [3.63, 3.8) is 0 Å². The van der Waals surface area contributed by atoms with Crippen molar-refractivity contribution in [3.05, 3.63) is 48.5 Å². The molecule has 0 aliphatic carbocycles. The van der Waals surface area contributed by atoms with Gasteiger partial charge in [-0.3, -0.25) is 9.11 Å². The predicted molar refractivity (Wildman–Crippen MR) is 93.2 cm³/mol. The summed E-state index contributed by atoms with van der Waals surface area (Å²) in [5.41, 5.74) is 0. The molecule has 4 N–H and O–H groups in total. The second-order valence-corrected chi connectivity index (χ2v) is 11.3. The van der Waals surface area contributed by atoms with Crippen LogP contribution in [-0.4, -0.2) is 42.8 Å². The topological polar surface area (TPSA) is 201 Å². The lowest BCUT2D eigenvalue weighted by atomic mass is 10.4. The molecule has 0 saturated carbocycles. The molecule has 2 aromatic rings. The van der Waals surface area contributed by atoms with E-state index in [4.69, 9.17) is 9.11 Å². The van der Waals surface area contributed by atoms with Gasteiger partial charge in [0, 0.05) is 0 Å². The molecule has 28 heavy (non-hydrogen) atoms. The van der Waals surface area contributed by atoms with Crippen molar-refractivity contribution in [3.8, 4) is 0 Å². The van der Waals surface area contributed by atoms with Crippen molar-refractivity contribution in [1.29, 1.82) is 0 Å². The highest BCUT2D eigenvalue weighted by Crippen LogP contribution is 2.16. The molecule has 0 aliphatic rings. The zero-order valence-corrected chi connectivity index (χ0v) is 16.7. The number of nitrogens with one attached hydrogen (secondary N) is 2. The smallest absolute Gasteiger partial charge is 0.282 e. The van der Waals surface area contributed by atoms with E-state index >= 15 is 0 Å². The Kier molecular flexibility index (Phi) is 5.98. The lowest BCUT2D eigenvalue weighted by Gasteiger charge is -2.10. The highest BCUT2D eigenvalue weighted by molar-refractivity contribution is 7.92. The lowest BCUT2D eigenvalue weighted by molar-refractivity contribution is 0.480. The summed E-state index contributed by atoms with van der Waals surface area (Å²) in [5, 5.41) is 0.